The molecule has 0 radical (unpaired) electrons. The van der Waals surface area contributed by atoms with Crippen LogP contribution in [0.3, 0.4) is 0 Å². The topological polar surface area (TPSA) is 168 Å². The van der Waals surface area contributed by atoms with Crippen LogP contribution in [0.2, 0.25) is 0 Å². The van der Waals surface area contributed by atoms with Gasteiger partial charge in [0.25, 0.3) is 11.8 Å². The molecule has 0 aliphatic carbocycles. The average Bonchev–Trinajstić information content (AvgIpc) is 3.27. The lowest BCUT2D eigenvalue weighted by Gasteiger charge is -2.25. The van der Waals surface area contributed by atoms with E-state index in [0.29, 0.717) is 48.9 Å². The zero-order chi connectivity index (χ0) is 39.6. The average molecular weight is 724 g/mol. The molecule has 1 heterocycles. The second-order valence-corrected chi connectivity index (χ2v) is 17.8. The van der Waals surface area contributed by atoms with Crippen LogP contribution in [0.25, 0.3) is 0 Å². The summed E-state index contributed by atoms with van der Waals surface area (Å²) in [4.78, 5) is 79.2. The van der Waals surface area contributed by atoms with Crippen LogP contribution in [-0.4, -0.2) is 59.5 Å². The lowest BCUT2D eigenvalue weighted by atomic mass is 9.76. The number of nitrogens with one attached hydrogen (secondary N) is 3. The Labute approximate surface area is 311 Å². The number of anilines is 1. The van der Waals surface area contributed by atoms with Crippen molar-refractivity contribution in [3.05, 3.63) is 41.0 Å². The molecule has 1 aliphatic rings. The molecule has 6 amide bonds. The third-order valence-corrected chi connectivity index (χ3v) is 9.09. The number of carbonyl (C=O) groups excluding carboxylic acids is 6. The van der Waals surface area contributed by atoms with Gasteiger partial charge >= 0.3 is 6.03 Å². The van der Waals surface area contributed by atoms with E-state index in [2.05, 4.69) is 36.7 Å². The van der Waals surface area contributed by atoms with E-state index < -0.39 is 28.8 Å². The number of urea groups is 1. The largest absolute Gasteiger partial charge is 0.352 e. The van der Waals surface area contributed by atoms with E-state index in [0.717, 1.165) is 12.0 Å². The van der Waals surface area contributed by atoms with E-state index in [1.165, 1.54) is 4.90 Å². The minimum absolute atomic E-state index is 0.0767. The van der Waals surface area contributed by atoms with Gasteiger partial charge in [-0.3, -0.25) is 28.9 Å². The summed E-state index contributed by atoms with van der Waals surface area (Å²) in [5, 5.41) is 8.36. The predicted octanol–water partition coefficient (Wildman–Crippen LogP) is 6.70. The number of ketones is 1. The zero-order valence-electron chi connectivity index (χ0n) is 33.6. The molecule has 5 N–H and O–H groups in total. The molecular formula is C41H65N5O6. The number of primary amides is 1. The van der Waals surface area contributed by atoms with Crippen molar-refractivity contribution in [1.29, 1.82) is 0 Å². The maximum atomic E-state index is 13.6. The van der Waals surface area contributed by atoms with Crippen molar-refractivity contribution in [2.75, 3.05) is 18.4 Å². The number of amides is 6. The van der Waals surface area contributed by atoms with Crippen molar-refractivity contribution in [2.45, 2.75) is 134 Å². The molecule has 0 unspecified atom stereocenters. The van der Waals surface area contributed by atoms with Crippen LogP contribution in [0, 0.1) is 28.1 Å². The third kappa shape index (κ3) is 13.8. The number of hydrogen-bond donors (Lipinski definition) is 4. The summed E-state index contributed by atoms with van der Waals surface area (Å²) in [5.74, 6) is -2.17. The number of hydrogen-bond acceptors (Lipinski definition) is 6. The van der Waals surface area contributed by atoms with Gasteiger partial charge in [-0.1, -0.05) is 94.7 Å². The quantitative estimate of drug-likeness (QED) is 0.0972. The Morgan fingerprint density at radius 2 is 1.35 bits per heavy atom. The lowest BCUT2D eigenvalue weighted by molar-refractivity contribution is -0.138. The van der Waals surface area contributed by atoms with Crippen LogP contribution in [0.1, 0.15) is 127 Å². The normalized spacial score (nSPS) is 15.2. The van der Waals surface area contributed by atoms with Crippen molar-refractivity contribution in [3.8, 4) is 0 Å². The first-order valence-corrected chi connectivity index (χ1v) is 18.8. The smallest absolute Gasteiger partial charge is 0.312 e. The van der Waals surface area contributed by atoms with Gasteiger partial charge in [-0.25, -0.2) is 4.79 Å². The van der Waals surface area contributed by atoms with Crippen molar-refractivity contribution >= 4 is 41.1 Å². The van der Waals surface area contributed by atoms with Crippen LogP contribution < -0.4 is 21.7 Å². The van der Waals surface area contributed by atoms with Gasteiger partial charge in [0.2, 0.25) is 11.8 Å². The monoisotopic (exact) mass is 723 g/mol. The summed E-state index contributed by atoms with van der Waals surface area (Å²) in [7, 11) is 0. The SMILES string of the molecule is CC(C)[C@H](NC(=O)CCCCCN1C(=O)C(C(C)(C)C)=C(C(C)(C)C)C1=O)C(=O)C[C@@H](CCCNC(N)=O)C(=O)Nc1ccc(CC(C)(C)C)cc1. The van der Waals surface area contributed by atoms with Gasteiger partial charge in [-0.2, -0.15) is 0 Å². The van der Waals surface area contributed by atoms with E-state index in [-0.39, 0.29) is 66.7 Å². The highest BCUT2D eigenvalue weighted by molar-refractivity contribution is 6.20. The Hall–Kier alpha value is -4.02. The van der Waals surface area contributed by atoms with Crippen LogP contribution >= 0.6 is 0 Å². The minimum atomic E-state index is -0.777. The summed E-state index contributed by atoms with van der Waals surface area (Å²) in [6, 6.07) is 6.24. The van der Waals surface area contributed by atoms with Gasteiger partial charge in [0.1, 0.15) is 0 Å². The summed E-state index contributed by atoms with van der Waals surface area (Å²) < 4.78 is 0. The molecule has 11 nitrogen and oxygen atoms in total. The fourth-order valence-corrected chi connectivity index (χ4v) is 6.59. The van der Waals surface area contributed by atoms with E-state index in [1.54, 1.807) is 0 Å². The highest BCUT2D eigenvalue weighted by Gasteiger charge is 2.46. The van der Waals surface area contributed by atoms with Gasteiger partial charge < -0.3 is 21.7 Å². The first kappa shape index (κ1) is 44.1. The van der Waals surface area contributed by atoms with Crippen LogP contribution in [-0.2, 0) is 30.4 Å². The summed E-state index contributed by atoms with van der Waals surface area (Å²) in [6.45, 7) is 22.4. The fraction of sp³-hybridized carbons (Fsp3) is 0.659. The number of benzene rings is 1. The second-order valence-electron chi connectivity index (χ2n) is 17.8. The predicted molar refractivity (Wildman–Crippen MR) is 206 cm³/mol. The molecule has 0 saturated heterocycles. The maximum Gasteiger partial charge on any atom is 0.312 e. The van der Waals surface area contributed by atoms with Crippen molar-refractivity contribution in [1.82, 2.24) is 15.5 Å². The molecule has 2 rings (SSSR count). The molecule has 0 spiro atoms. The van der Waals surface area contributed by atoms with Crippen molar-refractivity contribution in [2.24, 2.45) is 33.8 Å². The van der Waals surface area contributed by atoms with Crippen LogP contribution in [0.5, 0.6) is 0 Å². The Bertz CT molecular complexity index is 1440. The van der Waals surface area contributed by atoms with Crippen LogP contribution in [0.4, 0.5) is 10.5 Å². The molecule has 0 bridgehead atoms. The van der Waals surface area contributed by atoms with Gasteiger partial charge in [0.15, 0.2) is 5.78 Å². The van der Waals surface area contributed by atoms with E-state index in [4.69, 9.17) is 5.73 Å². The first-order chi connectivity index (χ1) is 23.9. The van der Waals surface area contributed by atoms with Crippen molar-refractivity contribution in [3.63, 3.8) is 0 Å². The van der Waals surface area contributed by atoms with E-state index in [9.17, 15) is 28.8 Å². The molecule has 1 aromatic carbocycles. The molecule has 1 aliphatic heterocycles. The van der Waals surface area contributed by atoms with Crippen LogP contribution in [0.15, 0.2) is 35.4 Å². The number of unbranched alkanes of at least 4 members (excludes halogenated alkanes) is 2. The molecule has 52 heavy (non-hydrogen) atoms. The van der Waals surface area contributed by atoms with Gasteiger partial charge in [-0.05, 0) is 72.0 Å². The molecule has 0 aromatic heterocycles. The molecule has 0 saturated carbocycles. The summed E-state index contributed by atoms with van der Waals surface area (Å²) in [6.07, 6.45) is 3.49. The zero-order valence-corrected chi connectivity index (χ0v) is 33.6. The first-order valence-electron chi connectivity index (χ1n) is 18.8. The standard InChI is InChI=1S/C41H65N5O6/c1-26(2)34(45-31(48)17-13-12-14-23-46-36(50)32(40(6,7)8)33(37(46)51)41(9,10)11)30(47)24-28(16-15-22-43-38(42)52)35(49)44-29-20-18-27(19-21-29)25-39(3,4)5/h18-21,26,28,34H,12-17,22-25H2,1-11H3,(H,44,49)(H,45,48)(H3,42,43,52)/t28-,34+/m1/s1. The van der Waals surface area contributed by atoms with Gasteiger partial charge in [-0.15, -0.1) is 0 Å². The van der Waals surface area contributed by atoms with E-state index >= 15 is 0 Å². The Kier molecular flexibility index (Phi) is 15.8. The minimum Gasteiger partial charge on any atom is -0.352 e. The molecule has 290 valence electrons. The van der Waals surface area contributed by atoms with E-state index in [1.807, 2.05) is 79.7 Å². The lowest BCUT2D eigenvalue weighted by Crippen LogP contribution is -2.45. The number of imide groups is 1. The Morgan fingerprint density at radius 1 is 0.788 bits per heavy atom. The molecule has 1 aromatic rings. The van der Waals surface area contributed by atoms with Crippen molar-refractivity contribution < 1.29 is 28.8 Å². The Balaban J connectivity index is 1.99. The Morgan fingerprint density at radius 3 is 1.83 bits per heavy atom. The number of Topliss-reactive ketones (excluding diaryl/α,β-unsaturated/α-hetero) is 1. The number of carbonyl (C=O) groups is 6. The molecule has 2 atom stereocenters. The highest BCUT2D eigenvalue weighted by Crippen LogP contribution is 2.42. The van der Waals surface area contributed by atoms with Gasteiger partial charge in [0, 0.05) is 48.7 Å². The second kappa shape index (κ2) is 18.6. The van der Waals surface area contributed by atoms with Gasteiger partial charge in [0.05, 0.1) is 6.04 Å². The molecule has 11 heteroatoms. The summed E-state index contributed by atoms with van der Waals surface area (Å²) >= 11 is 0. The highest BCUT2D eigenvalue weighted by atomic mass is 16.2. The number of nitrogens with zero attached hydrogens (tertiary/aromatic N) is 1. The number of rotatable bonds is 18. The third-order valence-electron chi connectivity index (χ3n) is 9.09. The molecular weight excluding hydrogens is 658 g/mol. The summed E-state index contributed by atoms with van der Waals surface area (Å²) in [5.41, 5.74) is 7.32. The molecule has 0 fully saturated rings. The maximum absolute atomic E-state index is 13.6. The number of nitrogens with two attached hydrogens (primary N) is 1. The fourth-order valence-electron chi connectivity index (χ4n) is 6.59.